The van der Waals surface area contributed by atoms with Crippen LogP contribution in [0.3, 0.4) is 0 Å². The Hall–Kier alpha value is -1.56. The largest absolute Gasteiger partial charge is 0.493 e. The number of methoxy groups -OCH3 is 1. The molecule has 1 N–H and O–H groups in total. The van der Waals surface area contributed by atoms with Crippen LogP contribution in [0.2, 0.25) is 0 Å². The van der Waals surface area contributed by atoms with Gasteiger partial charge in [-0.05, 0) is 42.0 Å². The van der Waals surface area contributed by atoms with Crippen molar-refractivity contribution in [3.05, 3.63) is 46.2 Å². The molecule has 0 spiro atoms. The molecule has 2 aromatic rings. The first-order chi connectivity index (χ1) is 11.3. The first kappa shape index (κ1) is 16.3. The average Bonchev–Trinajstić information content (AvgIpc) is 3.27. The standard InChI is InChI=1S/C18H23NO3S/c1-20-18-10-14(11-19-12-15-4-2-8-21-15)6-7-17(18)22-13-16-5-3-9-23-16/h3,5-7,9-10,15,19H,2,4,8,11-13H2,1H3/t15-/m0/s1. The van der Waals surface area contributed by atoms with Crippen molar-refractivity contribution in [2.75, 3.05) is 20.3 Å². The molecule has 4 nitrogen and oxygen atoms in total. The Balaban J connectivity index is 1.53. The molecular formula is C18H23NO3S. The quantitative estimate of drug-likeness (QED) is 0.801. The lowest BCUT2D eigenvalue weighted by Gasteiger charge is -2.13. The Morgan fingerprint density at radius 1 is 1.30 bits per heavy atom. The van der Waals surface area contributed by atoms with E-state index in [1.807, 2.05) is 18.2 Å². The van der Waals surface area contributed by atoms with Gasteiger partial charge >= 0.3 is 0 Å². The predicted octanol–water partition coefficient (Wildman–Crippen LogP) is 3.60. The zero-order valence-corrected chi connectivity index (χ0v) is 14.2. The summed E-state index contributed by atoms with van der Waals surface area (Å²) in [6.07, 6.45) is 2.70. The first-order valence-corrected chi connectivity index (χ1v) is 8.87. The number of hydrogen-bond donors (Lipinski definition) is 1. The Morgan fingerprint density at radius 2 is 2.26 bits per heavy atom. The van der Waals surface area contributed by atoms with E-state index in [9.17, 15) is 0 Å². The molecule has 1 aliphatic rings. The Kier molecular flexibility index (Phi) is 5.91. The molecule has 5 heteroatoms. The van der Waals surface area contributed by atoms with Crippen LogP contribution in [0, 0.1) is 0 Å². The van der Waals surface area contributed by atoms with Gasteiger partial charge in [0.25, 0.3) is 0 Å². The molecule has 23 heavy (non-hydrogen) atoms. The monoisotopic (exact) mass is 333 g/mol. The van der Waals surface area contributed by atoms with Crippen LogP contribution in [0.1, 0.15) is 23.3 Å². The minimum atomic E-state index is 0.366. The van der Waals surface area contributed by atoms with E-state index in [0.717, 1.165) is 37.6 Å². The smallest absolute Gasteiger partial charge is 0.161 e. The van der Waals surface area contributed by atoms with Gasteiger partial charge in [0.05, 0.1) is 13.2 Å². The zero-order chi connectivity index (χ0) is 15.9. The second-order valence-corrected chi connectivity index (χ2v) is 6.65. The van der Waals surface area contributed by atoms with Gasteiger partial charge in [0.15, 0.2) is 11.5 Å². The third-order valence-electron chi connectivity index (χ3n) is 3.90. The van der Waals surface area contributed by atoms with E-state index in [0.29, 0.717) is 12.7 Å². The molecule has 1 aromatic heterocycles. The molecule has 1 atom stereocenters. The Labute approximate surface area is 141 Å². The van der Waals surface area contributed by atoms with Crippen LogP contribution in [-0.2, 0) is 17.9 Å². The van der Waals surface area contributed by atoms with E-state index >= 15 is 0 Å². The maximum Gasteiger partial charge on any atom is 0.161 e. The third kappa shape index (κ3) is 4.70. The molecule has 1 fully saturated rings. The topological polar surface area (TPSA) is 39.7 Å². The van der Waals surface area contributed by atoms with E-state index in [4.69, 9.17) is 14.2 Å². The summed E-state index contributed by atoms with van der Waals surface area (Å²) < 4.78 is 16.9. The highest BCUT2D eigenvalue weighted by atomic mass is 32.1. The highest BCUT2D eigenvalue weighted by Crippen LogP contribution is 2.29. The fourth-order valence-corrected chi connectivity index (χ4v) is 3.28. The van der Waals surface area contributed by atoms with Crippen LogP contribution in [0.4, 0.5) is 0 Å². The average molecular weight is 333 g/mol. The van der Waals surface area contributed by atoms with Gasteiger partial charge in [0, 0.05) is 24.6 Å². The van der Waals surface area contributed by atoms with Gasteiger partial charge in [0.1, 0.15) is 6.61 Å². The summed E-state index contributed by atoms with van der Waals surface area (Å²) in [4.78, 5) is 1.20. The maximum absolute atomic E-state index is 5.86. The molecule has 0 amide bonds. The van der Waals surface area contributed by atoms with E-state index in [1.165, 1.54) is 16.9 Å². The number of thiophene rings is 1. The second-order valence-electron chi connectivity index (χ2n) is 5.62. The highest BCUT2D eigenvalue weighted by Gasteiger charge is 2.14. The van der Waals surface area contributed by atoms with Gasteiger partial charge in [0.2, 0.25) is 0 Å². The van der Waals surface area contributed by atoms with Gasteiger partial charge in [-0.3, -0.25) is 0 Å². The van der Waals surface area contributed by atoms with Crippen molar-refractivity contribution in [2.45, 2.75) is 32.1 Å². The van der Waals surface area contributed by atoms with Crippen LogP contribution in [0.5, 0.6) is 11.5 Å². The number of hydrogen-bond acceptors (Lipinski definition) is 5. The van der Waals surface area contributed by atoms with Gasteiger partial charge in [-0.1, -0.05) is 12.1 Å². The summed E-state index contributed by atoms with van der Waals surface area (Å²) in [5.41, 5.74) is 1.18. The van der Waals surface area contributed by atoms with Crippen LogP contribution >= 0.6 is 11.3 Å². The molecule has 0 bridgehead atoms. The molecule has 1 aliphatic heterocycles. The number of rotatable bonds is 8. The first-order valence-electron chi connectivity index (χ1n) is 7.99. The molecule has 0 saturated carbocycles. The fraction of sp³-hybridized carbons (Fsp3) is 0.444. The van der Waals surface area contributed by atoms with Crippen molar-refractivity contribution < 1.29 is 14.2 Å². The van der Waals surface area contributed by atoms with Crippen molar-refractivity contribution in [2.24, 2.45) is 0 Å². The number of ether oxygens (including phenoxy) is 3. The maximum atomic E-state index is 5.86. The lowest BCUT2D eigenvalue weighted by atomic mass is 10.2. The summed E-state index contributed by atoms with van der Waals surface area (Å²) in [6.45, 7) is 3.18. The van der Waals surface area contributed by atoms with E-state index in [1.54, 1.807) is 18.4 Å². The van der Waals surface area contributed by atoms with Crippen LogP contribution in [0.25, 0.3) is 0 Å². The van der Waals surface area contributed by atoms with Gasteiger partial charge in [-0.2, -0.15) is 0 Å². The molecule has 0 unspecified atom stereocenters. The summed E-state index contributed by atoms with van der Waals surface area (Å²) >= 11 is 1.69. The molecule has 1 saturated heterocycles. The Morgan fingerprint density at radius 3 is 3.00 bits per heavy atom. The van der Waals surface area contributed by atoms with Gasteiger partial charge < -0.3 is 19.5 Å². The van der Waals surface area contributed by atoms with Crippen molar-refractivity contribution in [3.63, 3.8) is 0 Å². The highest BCUT2D eigenvalue weighted by molar-refractivity contribution is 7.09. The van der Waals surface area contributed by atoms with Crippen molar-refractivity contribution in [1.82, 2.24) is 5.32 Å². The SMILES string of the molecule is COc1cc(CNC[C@@H]2CCCO2)ccc1OCc1cccs1. The number of nitrogens with one attached hydrogen (secondary N) is 1. The predicted molar refractivity (Wildman–Crippen MR) is 92.3 cm³/mol. The minimum absolute atomic E-state index is 0.366. The van der Waals surface area contributed by atoms with Crippen molar-refractivity contribution in [1.29, 1.82) is 0 Å². The minimum Gasteiger partial charge on any atom is -0.493 e. The fourth-order valence-electron chi connectivity index (χ4n) is 2.67. The Bertz CT molecular complexity index is 594. The van der Waals surface area contributed by atoms with Crippen LogP contribution in [-0.4, -0.2) is 26.4 Å². The van der Waals surface area contributed by atoms with Gasteiger partial charge in [-0.25, -0.2) is 0 Å². The summed E-state index contributed by atoms with van der Waals surface area (Å²) in [5.74, 6) is 1.56. The lowest BCUT2D eigenvalue weighted by Crippen LogP contribution is -2.25. The molecular weight excluding hydrogens is 310 g/mol. The van der Waals surface area contributed by atoms with E-state index < -0.39 is 0 Å². The molecule has 0 aliphatic carbocycles. The summed E-state index contributed by atoms with van der Waals surface area (Å²) in [6, 6.07) is 10.2. The van der Waals surface area contributed by atoms with Crippen molar-refractivity contribution >= 4 is 11.3 Å². The molecule has 124 valence electrons. The van der Waals surface area contributed by atoms with Gasteiger partial charge in [-0.15, -0.1) is 11.3 Å². The summed E-state index contributed by atoms with van der Waals surface area (Å²) in [5, 5.41) is 5.50. The zero-order valence-electron chi connectivity index (χ0n) is 13.4. The molecule has 3 rings (SSSR count). The lowest BCUT2D eigenvalue weighted by molar-refractivity contribution is 0.110. The van der Waals surface area contributed by atoms with E-state index in [2.05, 4.69) is 22.8 Å². The van der Waals surface area contributed by atoms with Crippen LogP contribution in [0.15, 0.2) is 35.7 Å². The second kappa shape index (κ2) is 8.34. The number of benzene rings is 1. The normalized spacial score (nSPS) is 17.3. The molecule has 0 radical (unpaired) electrons. The summed E-state index contributed by atoms with van der Waals surface area (Å²) in [7, 11) is 1.68. The molecule has 1 aromatic carbocycles. The van der Waals surface area contributed by atoms with Crippen LogP contribution < -0.4 is 14.8 Å². The van der Waals surface area contributed by atoms with Crippen molar-refractivity contribution in [3.8, 4) is 11.5 Å². The van der Waals surface area contributed by atoms with E-state index in [-0.39, 0.29) is 0 Å². The molecule has 2 heterocycles. The third-order valence-corrected chi connectivity index (χ3v) is 4.75.